The molecule has 1 aliphatic rings. The molecule has 0 saturated carbocycles. The van der Waals surface area contributed by atoms with E-state index < -0.39 is 8.69 Å². The molecule has 54 valence electrons. The van der Waals surface area contributed by atoms with Crippen LogP contribution in [-0.2, 0) is 4.57 Å². The van der Waals surface area contributed by atoms with Crippen LogP contribution in [0.15, 0.2) is 0 Å². The van der Waals surface area contributed by atoms with Crippen LogP contribution in [0.4, 0.5) is 0 Å². The Morgan fingerprint density at radius 1 is 1.22 bits per heavy atom. The molecule has 0 radical (unpaired) electrons. The fraction of sp³-hybridized carbons (Fsp3) is 1.00. The van der Waals surface area contributed by atoms with Crippen LogP contribution < -0.4 is 5.32 Å². The summed E-state index contributed by atoms with van der Waals surface area (Å²) in [4.78, 5) is 7.04. The van der Waals surface area contributed by atoms with Crippen LogP contribution in [-0.4, -0.2) is 18.0 Å². The zero-order chi connectivity index (χ0) is 6.95. The monoisotopic (exact) mass is 150 g/mol. The molecule has 0 spiro atoms. The van der Waals surface area contributed by atoms with Crippen LogP contribution in [0.1, 0.15) is 19.3 Å². The molecule has 1 fully saturated rings. The average molecular weight is 150 g/mol. The Kier molecular flexibility index (Phi) is 8.04. The van der Waals surface area contributed by atoms with E-state index in [1.807, 2.05) is 0 Å². The minimum Gasteiger partial charge on any atom is -0.317 e. The summed E-state index contributed by atoms with van der Waals surface area (Å²) in [6, 6.07) is 0. The second kappa shape index (κ2) is 8.02. The van der Waals surface area contributed by atoms with Crippen LogP contribution in [0.2, 0.25) is 0 Å². The summed E-state index contributed by atoms with van der Waals surface area (Å²) in [6.07, 6.45) is 4.22. The lowest BCUT2D eigenvalue weighted by Gasteiger charge is -2.08. The van der Waals surface area contributed by atoms with Gasteiger partial charge in [-0.2, -0.15) is 4.89 Å². The first-order valence-corrected chi connectivity index (χ1v) is 3.99. The van der Waals surface area contributed by atoms with Gasteiger partial charge in [-0.1, -0.05) is 6.42 Å². The van der Waals surface area contributed by atoms with Crippen molar-refractivity contribution < 1.29 is 9.46 Å². The maximum atomic E-state index is 8.51. The van der Waals surface area contributed by atoms with Gasteiger partial charge in [0, 0.05) is 0 Å². The standard InChI is InChI=1S/C5H11N.HO2P/c1-2-4-6-5-3-1;1-3-2/h6H,1-5H2;3H/p+1. The van der Waals surface area contributed by atoms with Crippen molar-refractivity contribution in [2.45, 2.75) is 19.3 Å². The highest BCUT2D eigenvalue weighted by Gasteiger charge is 1.93. The highest BCUT2D eigenvalue weighted by Crippen LogP contribution is 1.96. The number of hydrogen-bond donors (Lipinski definition) is 2. The van der Waals surface area contributed by atoms with Crippen molar-refractivity contribution in [3.8, 4) is 0 Å². The predicted molar refractivity (Wildman–Crippen MR) is 37.9 cm³/mol. The summed E-state index contributed by atoms with van der Waals surface area (Å²) in [7, 11) is -1.17. The minimum absolute atomic E-state index is 1.17. The Labute approximate surface area is 56.7 Å². The minimum atomic E-state index is -1.17. The first kappa shape index (κ1) is 9.02. The highest BCUT2D eigenvalue weighted by molar-refractivity contribution is 7.16. The molecule has 0 amide bonds. The molecule has 9 heavy (non-hydrogen) atoms. The van der Waals surface area contributed by atoms with Crippen LogP contribution in [0.25, 0.3) is 0 Å². The van der Waals surface area contributed by atoms with E-state index in [1.165, 1.54) is 32.4 Å². The van der Waals surface area contributed by atoms with E-state index in [4.69, 9.17) is 9.46 Å². The number of nitrogens with one attached hydrogen (secondary N) is 1. The van der Waals surface area contributed by atoms with Crippen molar-refractivity contribution in [2.75, 3.05) is 13.1 Å². The lowest BCUT2D eigenvalue weighted by molar-refractivity contribution is 0.520. The van der Waals surface area contributed by atoms with Gasteiger partial charge in [-0.05, 0) is 30.5 Å². The van der Waals surface area contributed by atoms with Crippen molar-refractivity contribution in [1.29, 1.82) is 0 Å². The SMILES string of the molecule is C1CCNCC1.O=[PH+]O. The van der Waals surface area contributed by atoms with Gasteiger partial charge in [0.25, 0.3) is 0 Å². The number of rotatable bonds is 0. The summed E-state index contributed by atoms with van der Waals surface area (Å²) < 4.78 is 8.51. The van der Waals surface area contributed by atoms with Crippen LogP contribution in [0.5, 0.6) is 0 Å². The van der Waals surface area contributed by atoms with Crippen molar-refractivity contribution in [3.05, 3.63) is 0 Å². The zero-order valence-corrected chi connectivity index (χ0v) is 6.39. The molecule has 0 bridgehead atoms. The van der Waals surface area contributed by atoms with Crippen molar-refractivity contribution >= 4 is 8.69 Å². The van der Waals surface area contributed by atoms with Gasteiger partial charge in [0.2, 0.25) is 0 Å². The maximum absolute atomic E-state index is 8.51. The average Bonchev–Trinajstić information content (AvgIpc) is 1.93. The van der Waals surface area contributed by atoms with Gasteiger partial charge in [0.05, 0.1) is 0 Å². The molecule has 2 N–H and O–H groups in total. The van der Waals surface area contributed by atoms with E-state index in [0.29, 0.717) is 0 Å². The van der Waals surface area contributed by atoms with Gasteiger partial charge in [-0.25, -0.2) is 0 Å². The Morgan fingerprint density at radius 3 is 1.78 bits per heavy atom. The van der Waals surface area contributed by atoms with Gasteiger partial charge in [0.1, 0.15) is 0 Å². The van der Waals surface area contributed by atoms with Crippen molar-refractivity contribution in [3.63, 3.8) is 0 Å². The molecule has 3 nitrogen and oxygen atoms in total. The number of hydrogen-bond acceptors (Lipinski definition) is 2. The van der Waals surface area contributed by atoms with E-state index in [1.54, 1.807) is 0 Å². The van der Waals surface area contributed by atoms with Crippen molar-refractivity contribution in [1.82, 2.24) is 5.32 Å². The smallest absolute Gasteiger partial charge is 0.317 e. The van der Waals surface area contributed by atoms with Gasteiger partial charge in [-0.3, -0.25) is 0 Å². The fourth-order valence-electron chi connectivity index (χ4n) is 0.802. The topological polar surface area (TPSA) is 49.3 Å². The molecule has 1 atom stereocenters. The quantitative estimate of drug-likeness (QED) is 0.499. The summed E-state index contributed by atoms with van der Waals surface area (Å²) in [6.45, 7) is 2.50. The first-order valence-electron chi connectivity index (χ1n) is 3.13. The lowest BCUT2D eigenvalue weighted by atomic mass is 10.2. The molecule has 4 heteroatoms. The second-order valence-electron chi connectivity index (χ2n) is 1.90. The molecular formula is C5H13NO2P+. The van der Waals surface area contributed by atoms with Crippen molar-refractivity contribution in [2.24, 2.45) is 0 Å². The first-order chi connectivity index (χ1) is 4.41. The summed E-state index contributed by atoms with van der Waals surface area (Å²) in [5.74, 6) is 0. The molecule has 0 aromatic carbocycles. The van der Waals surface area contributed by atoms with E-state index in [-0.39, 0.29) is 0 Å². The summed E-state index contributed by atoms with van der Waals surface area (Å²) in [5, 5.41) is 3.28. The van der Waals surface area contributed by atoms with Gasteiger partial charge in [0.15, 0.2) is 0 Å². The Hall–Kier alpha value is 0.0200. The Bertz CT molecular complexity index is 54.5. The lowest BCUT2D eigenvalue weighted by Crippen LogP contribution is -2.21. The second-order valence-corrected chi connectivity index (χ2v) is 2.08. The Balaban J connectivity index is 0.000000187. The number of piperidine rings is 1. The molecule has 0 aliphatic carbocycles. The molecule has 0 aromatic heterocycles. The van der Waals surface area contributed by atoms with Crippen LogP contribution >= 0.6 is 8.69 Å². The third kappa shape index (κ3) is 8.02. The molecule has 0 aromatic rings. The molecule has 1 rings (SSSR count). The Morgan fingerprint density at radius 2 is 1.67 bits per heavy atom. The largest absolute Gasteiger partial charge is 0.491 e. The highest BCUT2D eigenvalue weighted by atomic mass is 31.1. The van der Waals surface area contributed by atoms with Gasteiger partial charge in [-0.15, -0.1) is 0 Å². The van der Waals surface area contributed by atoms with Gasteiger partial charge < -0.3 is 5.32 Å². The summed E-state index contributed by atoms with van der Waals surface area (Å²) in [5.41, 5.74) is 0. The molecule has 1 heterocycles. The molecule has 1 unspecified atom stereocenters. The third-order valence-corrected chi connectivity index (χ3v) is 1.21. The van der Waals surface area contributed by atoms with Crippen LogP contribution in [0.3, 0.4) is 0 Å². The van der Waals surface area contributed by atoms with E-state index >= 15 is 0 Å². The summed E-state index contributed by atoms with van der Waals surface area (Å²) >= 11 is 0. The molecular weight excluding hydrogens is 137 g/mol. The van der Waals surface area contributed by atoms with E-state index in [0.717, 1.165) is 0 Å². The fourth-order valence-corrected chi connectivity index (χ4v) is 0.802. The molecule has 1 aliphatic heterocycles. The van der Waals surface area contributed by atoms with Crippen LogP contribution in [0, 0.1) is 0 Å². The normalized spacial score (nSPS) is 18.3. The third-order valence-electron chi connectivity index (χ3n) is 1.21. The maximum Gasteiger partial charge on any atom is 0.491 e. The predicted octanol–water partition coefficient (Wildman–Crippen LogP) is 0.678. The van der Waals surface area contributed by atoms with E-state index in [9.17, 15) is 0 Å². The van der Waals surface area contributed by atoms with E-state index in [2.05, 4.69) is 5.32 Å². The molecule has 1 saturated heterocycles. The zero-order valence-electron chi connectivity index (χ0n) is 5.39. The van der Waals surface area contributed by atoms with Gasteiger partial charge >= 0.3 is 8.69 Å².